The molecule has 108 valence electrons. The Kier molecular flexibility index (Phi) is 6.26. The fourth-order valence-electron chi connectivity index (χ4n) is 1.89. The van der Waals surface area contributed by atoms with Gasteiger partial charge in [-0.2, -0.15) is 0 Å². The normalized spacial score (nSPS) is 13.5. The van der Waals surface area contributed by atoms with E-state index in [4.69, 9.17) is 11.6 Å². The third-order valence-electron chi connectivity index (χ3n) is 2.74. The number of hydrogen-bond donors (Lipinski definition) is 2. The van der Waals surface area contributed by atoms with Gasteiger partial charge in [0.1, 0.15) is 4.90 Å². The van der Waals surface area contributed by atoms with Gasteiger partial charge in [-0.25, -0.2) is 13.1 Å². The maximum absolute atomic E-state index is 12.3. The molecule has 0 bridgehead atoms. The Bertz CT molecular complexity index is 517. The number of hydrogen-bond acceptors (Lipinski definition) is 3. The molecular formula is C13H21ClN2O2S. The van der Waals surface area contributed by atoms with Gasteiger partial charge in [0.05, 0.1) is 5.02 Å². The van der Waals surface area contributed by atoms with Crippen molar-refractivity contribution in [1.82, 2.24) is 10.0 Å². The highest BCUT2D eigenvalue weighted by Crippen LogP contribution is 2.23. The largest absolute Gasteiger partial charge is 0.316 e. The van der Waals surface area contributed by atoms with E-state index in [1.165, 1.54) is 0 Å². The zero-order valence-corrected chi connectivity index (χ0v) is 13.1. The van der Waals surface area contributed by atoms with Crippen molar-refractivity contribution < 1.29 is 8.42 Å². The van der Waals surface area contributed by atoms with E-state index in [2.05, 4.69) is 10.0 Å². The van der Waals surface area contributed by atoms with Gasteiger partial charge in [0.15, 0.2) is 0 Å². The predicted molar refractivity (Wildman–Crippen MR) is 78.9 cm³/mol. The molecule has 2 N–H and O–H groups in total. The standard InChI is InChI=1S/C13H21ClN2O2S/c1-4-5-10(2)16-19(17,18)13-8-11(9-15-3)6-7-12(13)14/h6-8,10,15-16H,4-5,9H2,1-3H3. The van der Waals surface area contributed by atoms with Crippen LogP contribution in [0.4, 0.5) is 0 Å². The first-order valence-electron chi connectivity index (χ1n) is 6.36. The maximum Gasteiger partial charge on any atom is 0.242 e. The number of rotatable bonds is 7. The van der Waals surface area contributed by atoms with E-state index in [9.17, 15) is 8.42 Å². The average Bonchev–Trinajstić information content (AvgIpc) is 2.31. The fraction of sp³-hybridized carbons (Fsp3) is 0.538. The van der Waals surface area contributed by atoms with Crippen LogP contribution in [0.5, 0.6) is 0 Å². The van der Waals surface area contributed by atoms with Gasteiger partial charge in [0.25, 0.3) is 0 Å². The van der Waals surface area contributed by atoms with Gasteiger partial charge in [-0.15, -0.1) is 0 Å². The maximum atomic E-state index is 12.3. The Labute approximate surface area is 120 Å². The Morgan fingerprint density at radius 2 is 2.05 bits per heavy atom. The predicted octanol–water partition coefficient (Wildman–Crippen LogP) is 2.53. The Hall–Kier alpha value is -0.620. The van der Waals surface area contributed by atoms with Crippen LogP contribution in [0, 0.1) is 0 Å². The summed E-state index contributed by atoms with van der Waals surface area (Å²) >= 11 is 6.00. The molecule has 19 heavy (non-hydrogen) atoms. The van der Waals surface area contributed by atoms with Crippen LogP contribution in [0.25, 0.3) is 0 Å². The summed E-state index contributed by atoms with van der Waals surface area (Å²) in [6, 6.07) is 4.94. The van der Waals surface area contributed by atoms with Crippen molar-refractivity contribution in [3.8, 4) is 0 Å². The van der Waals surface area contributed by atoms with Gasteiger partial charge in [-0.05, 0) is 38.1 Å². The smallest absolute Gasteiger partial charge is 0.242 e. The summed E-state index contributed by atoms with van der Waals surface area (Å²) in [6.45, 7) is 4.47. The molecule has 0 aromatic heterocycles. The minimum atomic E-state index is -3.56. The van der Waals surface area contributed by atoms with Crippen LogP contribution in [0.3, 0.4) is 0 Å². The summed E-state index contributed by atoms with van der Waals surface area (Å²) in [5.74, 6) is 0. The van der Waals surface area contributed by atoms with E-state index in [0.717, 1.165) is 18.4 Å². The summed E-state index contributed by atoms with van der Waals surface area (Å²) in [6.07, 6.45) is 1.73. The molecule has 0 spiro atoms. The van der Waals surface area contributed by atoms with E-state index in [-0.39, 0.29) is 16.0 Å². The minimum absolute atomic E-state index is 0.0981. The number of halogens is 1. The lowest BCUT2D eigenvalue weighted by Gasteiger charge is -2.15. The molecule has 0 heterocycles. The van der Waals surface area contributed by atoms with Gasteiger partial charge in [-0.1, -0.05) is 31.0 Å². The van der Waals surface area contributed by atoms with Gasteiger partial charge in [0.2, 0.25) is 10.0 Å². The van der Waals surface area contributed by atoms with Crippen LogP contribution in [0.1, 0.15) is 32.3 Å². The Balaban J connectivity index is 3.02. The molecule has 4 nitrogen and oxygen atoms in total. The molecule has 0 amide bonds. The molecule has 0 saturated heterocycles. The minimum Gasteiger partial charge on any atom is -0.316 e. The van der Waals surface area contributed by atoms with Crippen molar-refractivity contribution in [3.63, 3.8) is 0 Å². The van der Waals surface area contributed by atoms with Crippen LogP contribution in [-0.4, -0.2) is 21.5 Å². The highest BCUT2D eigenvalue weighted by Gasteiger charge is 2.20. The van der Waals surface area contributed by atoms with Crippen LogP contribution < -0.4 is 10.0 Å². The van der Waals surface area contributed by atoms with E-state index in [1.54, 1.807) is 12.1 Å². The molecule has 1 rings (SSSR count). The second kappa shape index (κ2) is 7.24. The first-order chi connectivity index (χ1) is 8.90. The van der Waals surface area contributed by atoms with Crippen LogP contribution >= 0.6 is 11.6 Å². The van der Waals surface area contributed by atoms with Crippen LogP contribution in [0.2, 0.25) is 5.02 Å². The summed E-state index contributed by atoms with van der Waals surface area (Å²) in [5.41, 5.74) is 0.885. The van der Waals surface area contributed by atoms with Crippen molar-refractivity contribution >= 4 is 21.6 Å². The molecule has 0 aliphatic carbocycles. The molecule has 0 fully saturated rings. The molecule has 1 aromatic rings. The van der Waals surface area contributed by atoms with Crippen LogP contribution in [0.15, 0.2) is 23.1 Å². The topological polar surface area (TPSA) is 58.2 Å². The highest BCUT2D eigenvalue weighted by molar-refractivity contribution is 7.89. The van der Waals surface area contributed by atoms with Crippen LogP contribution in [-0.2, 0) is 16.6 Å². The summed E-state index contributed by atoms with van der Waals surface area (Å²) in [5, 5.41) is 3.23. The van der Waals surface area contributed by atoms with Crippen molar-refractivity contribution in [2.75, 3.05) is 7.05 Å². The molecule has 1 unspecified atom stereocenters. The molecule has 0 saturated carbocycles. The average molecular weight is 305 g/mol. The quantitative estimate of drug-likeness (QED) is 0.814. The first kappa shape index (κ1) is 16.4. The Morgan fingerprint density at radius 3 is 2.63 bits per heavy atom. The number of sulfonamides is 1. The summed E-state index contributed by atoms with van der Waals surface area (Å²) < 4.78 is 27.2. The van der Waals surface area contributed by atoms with Crippen molar-refractivity contribution in [1.29, 1.82) is 0 Å². The van der Waals surface area contributed by atoms with Gasteiger partial charge in [0, 0.05) is 12.6 Å². The number of nitrogens with one attached hydrogen (secondary N) is 2. The molecule has 0 aliphatic rings. The van der Waals surface area contributed by atoms with E-state index < -0.39 is 10.0 Å². The second-order valence-electron chi connectivity index (χ2n) is 4.61. The zero-order valence-electron chi connectivity index (χ0n) is 11.5. The third-order valence-corrected chi connectivity index (χ3v) is 4.82. The van der Waals surface area contributed by atoms with Gasteiger partial charge in [-0.3, -0.25) is 0 Å². The van der Waals surface area contributed by atoms with E-state index in [0.29, 0.717) is 6.54 Å². The lowest BCUT2D eigenvalue weighted by molar-refractivity contribution is 0.544. The van der Waals surface area contributed by atoms with Gasteiger partial charge < -0.3 is 5.32 Å². The molecule has 0 radical (unpaired) electrons. The van der Waals surface area contributed by atoms with Crippen molar-refractivity contribution in [2.24, 2.45) is 0 Å². The van der Waals surface area contributed by atoms with Crippen molar-refractivity contribution in [2.45, 2.75) is 44.2 Å². The summed E-state index contributed by atoms with van der Waals surface area (Å²) in [4.78, 5) is 0.143. The first-order valence-corrected chi connectivity index (χ1v) is 8.22. The lowest BCUT2D eigenvalue weighted by atomic mass is 10.2. The van der Waals surface area contributed by atoms with E-state index >= 15 is 0 Å². The third kappa shape index (κ3) is 4.76. The molecular weight excluding hydrogens is 284 g/mol. The Morgan fingerprint density at radius 1 is 1.37 bits per heavy atom. The second-order valence-corrected chi connectivity index (χ2v) is 6.70. The lowest BCUT2D eigenvalue weighted by Crippen LogP contribution is -2.32. The van der Waals surface area contributed by atoms with E-state index in [1.807, 2.05) is 27.0 Å². The fourth-order valence-corrected chi connectivity index (χ4v) is 3.72. The molecule has 6 heteroatoms. The number of benzene rings is 1. The summed E-state index contributed by atoms with van der Waals surface area (Å²) in [7, 11) is -1.75. The SMILES string of the molecule is CCCC(C)NS(=O)(=O)c1cc(CNC)ccc1Cl. The van der Waals surface area contributed by atoms with Crippen molar-refractivity contribution in [3.05, 3.63) is 28.8 Å². The highest BCUT2D eigenvalue weighted by atomic mass is 35.5. The molecule has 1 aromatic carbocycles. The molecule has 1 atom stereocenters. The monoisotopic (exact) mass is 304 g/mol. The zero-order chi connectivity index (χ0) is 14.5. The van der Waals surface area contributed by atoms with Gasteiger partial charge >= 0.3 is 0 Å². The molecule has 0 aliphatic heterocycles.